The van der Waals surface area contributed by atoms with Gasteiger partial charge in [-0.2, -0.15) is 0 Å². The first kappa shape index (κ1) is 18.2. The number of rotatable bonds is 5. The number of aryl methyl sites for hydroxylation is 1. The second-order valence-electron chi connectivity index (χ2n) is 6.41. The van der Waals surface area contributed by atoms with E-state index in [1.165, 1.54) is 0 Å². The van der Waals surface area contributed by atoms with Gasteiger partial charge in [-0.15, -0.1) is 0 Å². The zero-order valence-corrected chi connectivity index (χ0v) is 15.5. The quantitative estimate of drug-likeness (QED) is 0.772. The average molecular weight is 370 g/mol. The van der Waals surface area contributed by atoms with Crippen molar-refractivity contribution < 1.29 is 13.2 Å². The highest BCUT2D eigenvalue weighted by molar-refractivity contribution is 7.92. The van der Waals surface area contributed by atoms with Crippen LogP contribution in [0.5, 0.6) is 0 Å². The number of anilines is 2. The number of Topliss-reactive ketones (excluding diaryl/α,β-unsaturated/α-hetero) is 1. The van der Waals surface area contributed by atoms with Crippen LogP contribution < -0.4 is 10.0 Å². The minimum atomic E-state index is -3.68. The fourth-order valence-electron chi connectivity index (χ4n) is 2.84. The van der Waals surface area contributed by atoms with E-state index in [-0.39, 0.29) is 10.7 Å². The van der Waals surface area contributed by atoms with Crippen molar-refractivity contribution >= 4 is 27.2 Å². The van der Waals surface area contributed by atoms with Crippen molar-refractivity contribution in [3.63, 3.8) is 0 Å². The van der Waals surface area contributed by atoms with Crippen molar-refractivity contribution in [2.75, 3.05) is 10.0 Å². The molecule has 1 aliphatic carbocycles. The molecule has 0 aliphatic heterocycles. The number of carbonyl (C=O) groups is 1. The van der Waals surface area contributed by atoms with Gasteiger partial charge in [-0.3, -0.25) is 9.52 Å². The molecule has 0 amide bonds. The smallest absolute Gasteiger partial charge is 0.261 e. The number of hydrogen-bond acceptors (Lipinski definition) is 4. The number of nitrogens with one attached hydrogen (secondary N) is 2. The van der Waals surface area contributed by atoms with Crippen LogP contribution in [0.3, 0.4) is 0 Å². The maximum Gasteiger partial charge on any atom is 0.261 e. The maximum absolute atomic E-state index is 12.6. The van der Waals surface area contributed by atoms with Crippen molar-refractivity contribution in [3.05, 3.63) is 65.9 Å². The molecule has 0 aromatic heterocycles. The standard InChI is InChI=1S/C20H22N2O3S/c1-15-10-12-17(13-11-15)26(24,25)22-19-8-4-3-7-18(19)21-14-16-6-2-5-9-20(16)23/h3-4,7-8,10-14,21-22H,2,5-6,9H2,1H3/b16-14-. The molecule has 2 N–H and O–H groups in total. The first-order chi connectivity index (χ1) is 12.5. The van der Waals surface area contributed by atoms with Crippen molar-refractivity contribution in [1.29, 1.82) is 0 Å². The van der Waals surface area contributed by atoms with Crippen LogP contribution >= 0.6 is 0 Å². The normalized spacial score (nSPS) is 16.5. The lowest BCUT2D eigenvalue weighted by molar-refractivity contribution is -0.116. The Kier molecular flexibility index (Phi) is 5.42. The average Bonchev–Trinajstić information content (AvgIpc) is 2.62. The summed E-state index contributed by atoms with van der Waals surface area (Å²) in [5, 5.41) is 3.09. The lowest BCUT2D eigenvalue weighted by Gasteiger charge is -2.15. The topological polar surface area (TPSA) is 75.3 Å². The molecule has 0 bridgehead atoms. The number of para-hydroxylation sites is 2. The van der Waals surface area contributed by atoms with Crippen LogP contribution in [0, 0.1) is 6.92 Å². The number of allylic oxidation sites excluding steroid dienone is 1. The Hall–Kier alpha value is -2.60. The van der Waals surface area contributed by atoms with Crippen molar-refractivity contribution in [2.45, 2.75) is 37.5 Å². The third-order valence-electron chi connectivity index (χ3n) is 4.36. The number of ketones is 1. The molecule has 0 heterocycles. The van der Waals surface area contributed by atoms with E-state index in [0.717, 1.165) is 30.4 Å². The largest absolute Gasteiger partial charge is 0.360 e. The minimum absolute atomic E-state index is 0.154. The van der Waals surface area contributed by atoms with Crippen LogP contribution in [0.25, 0.3) is 0 Å². The molecule has 5 nitrogen and oxygen atoms in total. The molecule has 0 atom stereocenters. The first-order valence-corrected chi connectivity index (χ1v) is 10.1. The number of hydrogen-bond donors (Lipinski definition) is 2. The van der Waals surface area contributed by atoms with Gasteiger partial charge in [0.25, 0.3) is 10.0 Å². The van der Waals surface area contributed by atoms with Gasteiger partial charge >= 0.3 is 0 Å². The molecule has 2 aromatic carbocycles. The maximum atomic E-state index is 12.6. The van der Waals surface area contributed by atoms with Crippen molar-refractivity contribution in [2.24, 2.45) is 0 Å². The van der Waals surface area contributed by atoms with E-state index in [1.807, 2.05) is 13.0 Å². The van der Waals surface area contributed by atoms with Gasteiger partial charge in [-0.25, -0.2) is 8.42 Å². The molecule has 0 radical (unpaired) electrons. The Morgan fingerprint density at radius 1 is 0.923 bits per heavy atom. The van der Waals surface area contributed by atoms with Crippen LogP contribution in [0.15, 0.2) is 65.2 Å². The molecule has 0 saturated heterocycles. The Bertz CT molecular complexity index is 932. The molecule has 1 aliphatic rings. The van der Waals surface area contributed by atoms with Crippen LogP contribution in [0.2, 0.25) is 0 Å². The van der Waals surface area contributed by atoms with E-state index in [0.29, 0.717) is 17.8 Å². The second-order valence-corrected chi connectivity index (χ2v) is 8.09. The Morgan fingerprint density at radius 3 is 2.27 bits per heavy atom. The molecule has 3 rings (SSSR count). The van der Waals surface area contributed by atoms with Gasteiger partial charge in [0.05, 0.1) is 16.3 Å². The predicted octanol–water partition coefficient (Wildman–Crippen LogP) is 4.23. The molecule has 2 aromatic rings. The molecule has 0 spiro atoms. The summed E-state index contributed by atoms with van der Waals surface area (Å²) in [5.41, 5.74) is 2.80. The highest BCUT2D eigenvalue weighted by Gasteiger charge is 2.17. The van der Waals surface area contributed by atoms with E-state index in [2.05, 4.69) is 10.0 Å². The molecule has 1 saturated carbocycles. The summed E-state index contributed by atoms with van der Waals surface area (Å²) in [7, 11) is -3.68. The number of sulfonamides is 1. The highest BCUT2D eigenvalue weighted by Crippen LogP contribution is 2.26. The Labute approximate surface area is 154 Å². The molecular formula is C20H22N2O3S. The Balaban J connectivity index is 1.82. The van der Waals surface area contributed by atoms with E-state index in [4.69, 9.17) is 0 Å². The second kappa shape index (κ2) is 7.74. The van der Waals surface area contributed by atoms with Crippen LogP contribution in [0.1, 0.15) is 31.2 Å². The van der Waals surface area contributed by atoms with Gasteiger partial charge in [0.2, 0.25) is 0 Å². The van der Waals surface area contributed by atoms with E-state index >= 15 is 0 Å². The molecule has 6 heteroatoms. The van der Waals surface area contributed by atoms with Crippen LogP contribution in [-0.2, 0) is 14.8 Å². The summed E-state index contributed by atoms with van der Waals surface area (Å²) >= 11 is 0. The third-order valence-corrected chi connectivity index (χ3v) is 5.74. The molecule has 26 heavy (non-hydrogen) atoms. The predicted molar refractivity (Wildman–Crippen MR) is 104 cm³/mol. The molecule has 1 fully saturated rings. The summed E-state index contributed by atoms with van der Waals surface area (Å²) in [6.07, 6.45) is 4.96. The third kappa shape index (κ3) is 4.32. The van der Waals surface area contributed by atoms with E-state index < -0.39 is 10.0 Å². The number of carbonyl (C=O) groups excluding carboxylic acids is 1. The highest BCUT2D eigenvalue weighted by atomic mass is 32.2. The molecular weight excluding hydrogens is 348 g/mol. The van der Waals surface area contributed by atoms with Gasteiger partial charge < -0.3 is 5.32 Å². The first-order valence-electron chi connectivity index (χ1n) is 8.63. The molecule has 136 valence electrons. The summed E-state index contributed by atoms with van der Waals surface area (Å²) in [6.45, 7) is 1.91. The lowest BCUT2D eigenvalue weighted by atomic mass is 9.94. The van der Waals surface area contributed by atoms with Crippen LogP contribution in [-0.4, -0.2) is 14.2 Å². The van der Waals surface area contributed by atoms with Gasteiger partial charge in [0.15, 0.2) is 5.78 Å². The fraction of sp³-hybridized carbons (Fsp3) is 0.250. The Morgan fingerprint density at radius 2 is 1.58 bits per heavy atom. The van der Waals surface area contributed by atoms with Crippen molar-refractivity contribution in [3.8, 4) is 0 Å². The zero-order chi connectivity index (χ0) is 18.6. The van der Waals surface area contributed by atoms with Gasteiger partial charge in [-0.1, -0.05) is 29.8 Å². The lowest BCUT2D eigenvalue weighted by Crippen LogP contribution is -2.14. The minimum Gasteiger partial charge on any atom is -0.360 e. The summed E-state index contributed by atoms with van der Waals surface area (Å²) in [6, 6.07) is 13.7. The number of benzene rings is 2. The van der Waals surface area contributed by atoms with Gasteiger partial charge in [-0.05, 0) is 50.5 Å². The summed E-state index contributed by atoms with van der Waals surface area (Å²) < 4.78 is 27.8. The van der Waals surface area contributed by atoms with Gasteiger partial charge in [0.1, 0.15) is 0 Å². The van der Waals surface area contributed by atoms with Gasteiger partial charge in [0, 0.05) is 18.2 Å². The fourth-order valence-corrected chi connectivity index (χ4v) is 3.92. The van der Waals surface area contributed by atoms with E-state index in [9.17, 15) is 13.2 Å². The van der Waals surface area contributed by atoms with E-state index in [1.54, 1.807) is 48.7 Å². The van der Waals surface area contributed by atoms with Crippen LogP contribution in [0.4, 0.5) is 11.4 Å². The summed E-state index contributed by atoms with van der Waals surface area (Å²) in [5.74, 6) is 0.154. The SMILES string of the molecule is Cc1ccc(S(=O)(=O)Nc2ccccc2N/C=C2/CCCCC2=O)cc1. The molecule has 0 unspecified atom stereocenters. The van der Waals surface area contributed by atoms with Crippen molar-refractivity contribution in [1.82, 2.24) is 0 Å². The summed E-state index contributed by atoms with van der Waals surface area (Å²) in [4.78, 5) is 12.1. The zero-order valence-electron chi connectivity index (χ0n) is 14.7. The monoisotopic (exact) mass is 370 g/mol.